The van der Waals surface area contributed by atoms with Gasteiger partial charge in [0.05, 0.1) is 0 Å². The molecular formula is C22H25F2NO4. The molecule has 0 saturated carbocycles. The largest absolute Gasteiger partial charge is 0.487 e. The lowest BCUT2D eigenvalue weighted by Gasteiger charge is -2.31. The Hall–Kier alpha value is -2.22. The fourth-order valence-corrected chi connectivity index (χ4v) is 3.58. The molecule has 0 aliphatic carbocycles. The fraction of sp³-hybridized carbons (Fsp3) is 0.455. The van der Waals surface area contributed by atoms with Crippen molar-refractivity contribution >= 4 is 0 Å². The molecule has 0 amide bonds. The fourth-order valence-electron chi connectivity index (χ4n) is 3.58. The zero-order chi connectivity index (χ0) is 24.0. The lowest BCUT2D eigenvalue weighted by atomic mass is 9.98. The van der Waals surface area contributed by atoms with Crippen molar-refractivity contribution in [2.75, 3.05) is 13.0 Å². The van der Waals surface area contributed by atoms with Gasteiger partial charge < -0.3 is 25.0 Å². The molecule has 0 saturated heterocycles. The summed E-state index contributed by atoms with van der Waals surface area (Å²) in [5, 5.41) is 23.4. The SMILES string of the molecule is [2H]C([2H])(NC([2H])([2H])[C@H](O)[C@H]1CCc2cc(F)ccc2O1)[C@H](O)[C@@H]1CCc2cc(F)ccc2O1. The molecule has 0 fully saturated rings. The number of aryl methyl sites for hydroxylation is 2. The standard InChI is InChI=1S/C22H25F2NO4/c23-15-3-7-19-13(9-15)1-5-21(28-19)17(26)11-25-12-18(27)22-6-2-14-10-16(24)4-8-20(14)29-22/h3-4,7-10,17-18,21-22,25-27H,1-2,5-6,11-12H2/t17-,18-,21-,22+/m0/s1/i11D2,12D2. The van der Waals surface area contributed by atoms with Crippen molar-refractivity contribution in [2.45, 2.75) is 50.1 Å². The minimum Gasteiger partial charge on any atom is -0.487 e. The summed E-state index contributed by atoms with van der Waals surface area (Å²) in [5.74, 6) is -0.186. The first-order valence-corrected chi connectivity index (χ1v) is 9.52. The highest BCUT2D eigenvalue weighted by molar-refractivity contribution is 5.36. The van der Waals surface area contributed by atoms with Crippen LogP contribution >= 0.6 is 0 Å². The zero-order valence-corrected chi connectivity index (χ0v) is 15.6. The molecule has 0 spiro atoms. The number of hydrogen-bond acceptors (Lipinski definition) is 5. The van der Waals surface area contributed by atoms with Gasteiger partial charge >= 0.3 is 0 Å². The summed E-state index contributed by atoms with van der Waals surface area (Å²) >= 11 is 0. The molecule has 2 aliphatic rings. The zero-order valence-electron chi connectivity index (χ0n) is 19.6. The first-order valence-electron chi connectivity index (χ1n) is 11.5. The van der Waals surface area contributed by atoms with Crippen LogP contribution in [0.1, 0.15) is 29.5 Å². The first kappa shape index (κ1) is 15.6. The molecule has 29 heavy (non-hydrogen) atoms. The van der Waals surface area contributed by atoms with Gasteiger partial charge in [-0.25, -0.2) is 8.78 Å². The van der Waals surface area contributed by atoms with E-state index in [1.165, 1.54) is 36.4 Å². The molecule has 4 atom stereocenters. The number of fused-ring (bicyclic) bond motifs is 2. The van der Waals surface area contributed by atoms with Crippen LogP contribution in [0, 0.1) is 11.6 Å². The van der Waals surface area contributed by atoms with Crippen LogP contribution in [0.4, 0.5) is 8.78 Å². The number of halogens is 2. The van der Waals surface area contributed by atoms with Gasteiger partial charge in [0.25, 0.3) is 0 Å². The maximum absolute atomic E-state index is 13.4. The molecule has 0 unspecified atom stereocenters. The predicted octanol–water partition coefficient (Wildman–Crippen LogP) is 2.36. The number of nitrogens with one attached hydrogen (secondary N) is 1. The average molecular weight is 409 g/mol. The van der Waals surface area contributed by atoms with Crippen molar-refractivity contribution in [3.05, 3.63) is 59.2 Å². The van der Waals surface area contributed by atoms with Crippen LogP contribution in [-0.2, 0) is 12.8 Å². The number of rotatable bonds is 6. The molecular weight excluding hydrogens is 380 g/mol. The van der Waals surface area contributed by atoms with Crippen LogP contribution in [0.5, 0.6) is 11.5 Å². The number of aliphatic hydroxyl groups excluding tert-OH is 2. The Kier molecular flexibility index (Phi) is 4.65. The second-order valence-corrected chi connectivity index (χ2v) is 7.20. The summed E-state index contributed by atoms with van der Waals surface area (Å²) in [7, 11) is 0. The molecule has 2 aromatic carbocycles. The highest BCUT2D eigenvalue weighted by Crippen LogP contribution is 2.30. The van der Waals surface area contributed by atoms with Crippen molar-refractivity contribution in [2.24, 2.45) is 0 Å². The van der Waals surface area contributed by atoms with Crippen LogP contribution in [-0.4, -0.2) is 47.6 Å². The summed E-state index contributed by atoms with van der Waals surface area (Å²) in [6.45, 7) is -5.36. The molecule has 4 rings (SSSR count). The highest BCUT2D eigenvalue weighted by atomic mass is 19.1. The van der Waals surface area contributed by atoms with E-state index < -0.39 is 49.0 Å². The van der Waals surface area contributed by atoms with E-state index in [9.17, 15) is 19.0 Å². The van der Waals surface area contributed by atoms with Crippen LogP contribution in [0.15, 0.2) is 36.4 Å². The Labute approximate surface area is 173 Å². The first-order chi connectivity index (χ1) is 15.5. The summed E-state index contributed by atoms with van der Waals surface area (Å²) in [6.07, 6.45) is -4.47. The minimum absolute atomic E-state index is 0.198. The van der Waals surface area contributed by atoms with Gasteiger partial charge in [0.15, 0.2) is 0 Å². The van der Waals surface area contributed by atoms with E-state index >= 15 is 0 Å². The normalized spacial score (nSPS) is 25.7. The van der Waals surface area contributed by atoms with E-state index in [4.69, 9.17) is 15.0 Å². The van der Waals surface area contributed by atoms with Gasteiger partial charge in [-0.3, -0.25) is 0 Å². The maximum atomic E-state index is 13.4. The Balaban J connectivity index is 1.43. The number of benzene rings is 2. The molecule has 2 aromatic rings. The van der Waals surface area contributed by atoms with Crippen molar-refractivity contribution in [3.8, 4) is 11.5 Å². The van der Waals surface area contributed by atoms with Gasteiger partial charge in [-0.1, -0.05) is 0 Å². The van der Waals surface area contributed by atoms with E-state index in [2.05, 4.69) is 5.32 Å². The lowest BCUT2D eigenvalue weighted by Crippen LogP contribution is -2.46. The third-order valence-electron chi connectivity index (χ3n) is 5.14. The lowest BCUT2D eigenvalue weighted by molar-refractivity contribution is 0.00892. The van der Waals surface area contributed by atoms with E-state index in [0.29, 0.717) is 35.5 Å². The van der Waals surface area contributed by atoms with Gasteiger partial charge in [0.2, 0.25) is 0 Å². The van der Waals surface area contributed by atoms with Crippen molar-refractivity contribution in [1.82, 2.24) is 5.32 Å². The topological polar surface area (TPSA) is 71.0 Å². The van der Waals surface area contributed by atoms with E-state index in [1.807, 2.05) is 0 Å². The van der Waals surface area contributed by atoms with Crippen molar-refractivity contribution < 1.29 is 34.0 Å². The van der Waals surface area contributed by atoms with E-state index in [0.717, 1.165) is 0 Å². The number of hydrogen-bond donors (Lipinski definition) is 3. The molecule has 3 N–H and O–H groups in total. The molecule has 0 aromatic heterocycles. The molecule has 2 heterocycles. The molecule has 0 radical (unpaired) electrons. The van der Waals surface area contributed by atoms with E-state index in [1.54, 1.807) is 0 Å². The Morgan fingerprint density at radius 1 is 0.897 bits per heavy atom. The van der Waals surface area contributed by atoms with Gasteiger partial charge in [-0.2, -0.15) is 0 Å². The van der Waals surface area contributed by atoms with E-state index in [-0.39, 0.29) is 12.8 Å². The summed E-state index contributed by atoms with van der Waals surface area (Å²) < 4.78 is 70.9. The summed E-state index contributed by atoms with van der Waals surface area (Å²) in [4.78, 5) is 0. The Morgan fingerprint density at radius 2 is 1.34 bits per heavy atom. The number of aliphatic hydroxyl groups is 2. The smallest absolute Gasteiger partial charge is 0.126 e. The van der Waals surface area contributed by atoms with Crippen LogP contribution < -0.4 is 14.8 Å². The molecule has 2 aliphatic heterocycles. The molecule has 5 nitrogen and oxygen atoms in total. The van der Waals surface area contributed by atoms with Crippen molar-refractivity contribution in [1.29, 1.82) is 0 Å². The highest BCUT2D eigenvalue weighted by Gasteiger charge is 2.29. The summed E-state index contributed by atoms with van der Waals surface area (Å²) in [5.41, 5.74) is 1.21. The quantitative estimate of drug-likeness (QED) is 0.683. The minimum atomic E-state index is -2.68. The third kappa shape index (κ3) is 4.69. The Morgan fingerprint density at radius 3 is 1.79 bits per heavy atom. The van der Waals surface area contributed by atoms with Gasteiger partial charge in [-0.05, 0) is 73.2 Å². The monoisotopic (exact) mass is 409 g/mol. The molecule has 7 heteroatoms. The molecule has 156 valence electrons. The third-order valence-corrected chi connectivity index (χ3v) is 5.14. The second-order valence-electron chi connectivity index (χ2n) is 7.20. The van der Waals surface area contributed by atoms with Gasteiger partial charge in [0.1, 0.15) is 47.5 Å². The Bertz CT molecular complexity index is 946. The average Bonchev–Trinajstić information content (AvgIpc) is 2.76. The maximum Gasteiger partial charge on any atom is 0.126 e. The van der Waals surface area contributed by atoms with Gasteiger partial charge in [-0.15, -0.1) is 0 Å². The second kappa shape index (κ2) is 8.65. The van der Waals surface area contributed by atoms with Crippen LogP contribution in [0.25, 0.3) is 0 Å². The predicted molar refractivity (Wildman–Crippen MR) is 103 cm³/mol. The summed E-state index contributed by atoms with van der Waals surface area (Å²) in [6, 6.07) is 7.84. The van der Waals surface area contributed by atoms with Crippen molar-refractivity contribution in [3.63, 3.8) is 0 Å². The van der Waals surface area contributed by atoms with Crippen LogP contribution in [0.2, 0.25) is 0 Å². The molecule has 0 bridgehead atoms. The van der Waals surface area contributed by atoms with Crippen LogP contribution in [0.3, 0.4) is 0 Å². The number of ether oxygens (including phenoxy) is 2. The van der Waals surface area contributed by atoms with Gasteiger partial charge in [0, 0.05) is 18.5 Å².